The van der Waals surface area contributed by atoms with Gasteiger partial charge in [-0.15, -0.1) is 0 Å². The topological polar surface area (TPSA) is 91.0 Å². The van der Waals surface area contributed by atoms with E-state index in [-0.39, 0.29) is 74.2 Å². The van der Waals surface area contributed by atoms with Gasteiger partial charge in [0.05, 0.1) is 0 Å². The molecule has 0 fully saturated rings. The second-order valence-corrected chi connectivity index (χ2v) is 6.90. The van der Waals surface area contributed by atoms with Crippen LogP contribution in [0, 0.1) is 16.7 Å². The third kappa shape index (κ3) is 13.4. The summed E-state index contributed by atoms with van der Waals surface area (Å²) in [5.41, 5.74) is 12.8. The van der Waals surface area contributed by atoms with E-state index < -0.39 is 12.0 Å². The zero-order chi connectivity index (χ0) is 16.0. The number of amides is 2. The molecular formula is C14H28KN2O3-. The molecule has 0 saturated carbocycles. The maximum atomic E-state index is 10.8. The van der Waals surface area contributed by atoms with Gasteiger partial charge in [-0.2, -0.15) is 0 Å². The Labute approximate surface area is 166 Å². The summed E-state index contributed by atoms with van der Waals surface area (Å²) < 4.78 is 5.13. The van der Waals surface area contributed by atoms with E-state index in [0.717, 1.165) is 0 Å². The molecule has 0 aliphatic heterocycles. The third-order valence-corrected chi connectivity index (χ3v) is 2.91. The molecule has 0 saturated heterocycles. The Bertz CT molecular complexity index is 303. The smallest absolute Gasteiger partial charge is 0.668 e. The van der Waals surface area contributed by atoms with E-state index in [1.54, 1.807) is 0 Å². The number of hydrogen-bond donors (Lipinski definition) is 0. The van der Waals surface area contributed by atoms with Crippen LogP contribution in [0.4, 0.5) is 4.79 Å². The molecule has 114 valence electrons. The van der Waals surface area contributed by atoms with E-state index in [0.29, 0.717) is 0 Å². The van der Waals surface area contributed by atoms with E-state index in [1.165, 1.54) is 6.92 Å². The first-order valence-corrected chi connectivity index (χ1v) is 6.34. The van der Waals surface area contributed by atoms with Crippen molar-refractivity contribution in [3.63, 3.8) is 0 Å². The van der Waals surface area contributed by atoms with Crippen molar-refractivity contribution in [2.45, 2.75) is 61.5 Å². The average Bonchev–Trinajstić information content (AvgIpc) is 2.08. The first-order valence-electron chi connectivity index (χ1n) is 6.34. The van der Waals surface area contributed by atoms with Gasteiger partial charge < -0.3 is 21.0 Å². The maximum Gasteiger partial charge on any atom is 1.00 e. The Kier molecular flexibility index (Phi) is 12.9. The Balaban J connectivity index is -0.000000508. The largest absolute Gasteiger partial charge is 1.00 e. The molecule has 0 radical (unpaired) electrons. The van der Waals surface area contributed by atoms with E-state index in [4.69, 9.17) is 21.0 Å². The molecule has 2 atom stereocenters. The number of ether oxygens (including phenoxy) is 1. The number of nitrogens with one attached hydrogen (secondary N) is 2. The molecule has 0 aromatic rings. The predicted molar refractivity (Wildman–Crippen MR) is 77.7 cm³/mol. The molecule has 1 unspecified atom stereocenters. The van der Waals surface area contributed by atoms with Crippen LogP contribution in [0.15, 0.2) is 0 Å². The molecule has 6 heteroatoms. The molecular weight excluding hydrogens is 283 g/mol. The first-order chi connectivity index (χ1) is 8.19. The summed E-state index contributed by atoms with van der Waals surface area (Å²) in [4.78, 5) is 19.9. The molecule has 20 heavy (non-hydrogen) atoms. The fourth-order valence-corrected chi connectivity index (χ4v) is 1.60. The van der Waals surface area contributed by atoms with Gasteiger partial charge in [0.1, 0.15) is 6.10 Å². The van der Waals surface area contributed by atoms with Gasteiger partial charge in [0.25, 0.3) is 0 Å². The van der Waals surface area contributed by atoms with Crippen LogP contribution in [-0.4, -0.2) is 18.1 Å². The van der Waals surface area contributed by atoms with Crippen LogP contribution in [0.5, 0.6) is 0 Å². The normalized spacial score (nSPS) is 14.0. The van der Waals surface area contributed by atoms with Crippen molar-refractivity contribution in [2.24, 2.45) is 16.7 Å². The Morgan fingerprint density at radius 2 is 1.25 bits per heavy atom. The zero-order valence-corrected chi connectivity index (χ0v) is 17.5. The van der Waals surface area contributed by atoms with Gasteiger partial charge in [-0.25, -0.2) is 0 Å². The Morgan fingerprint density at radius 3 is 1.40 bits per heavy atom. The van der Waals surface area contributed by atoms with Crippen LogP contribution in [0.3, 0.4) is 0 Å². The molecule has 2 N–H and O–H groups in total. The van der Waals surface area contributed by atoms with Gasteiger partial charge >= 0.3 is 51.4 Å². The van der Waals surface area contributed by atoms with Crippen molar-refractivity contribution < 1.29 is 65.7 Å². The summed E-state index contributed by atoms with van der Waals surface area (Å²) in [6, 6.07) is 0. The molecule has 0 spiro atoms. The van der Waals surface area contributed by atoms with Gasteiger partial charge in [0.2, 0.25) is 6.09 Å². The molecule has 0 aromatic carbocycles. The summed E-state index contributed by atoms with van der Waals surface area (Å²) >= 11 is 0. The van der Waals surface area contributed by atoms with Crippen molar-refractivity contribution in [1.82, 2.24) is 0 Å². The predicted octanol–water partition coefficient (Wildman–Crippen LogP) is 1.86. The molecule has 5 nitrogen and oxygen atoms in total. The fraction of sp³-hybridized carbons (Fsp3) is 0.857. The van der Waals surface area contributed by atoms with Crippen LogP contribution in [0.2, 0.25) is 0 Å². The van der Waals surface area contributed by atoms with Crippen LogP contribution in [0.25, 0.3) is 11.5 Å². The van der Waals surface area contributed by atoms with Crippen LogP contribution < -0.4 is 51.4 Å². The molecule has 0 aliphatic rings. The number of rotatable bonds is 2. The SMILES string of the molecule is CC([NH-])=O.C[C@H](C(OC([NH-])=O)C(C)(C)C)C(C)(C)C.[K+]. The number of hydrogen-bond acceptors (Lipinski definition) is 3. The average molecular weight is 311 g/mol. The molecule has 0 bridgehead atoms. The molecule has 0 rings (SSSR count). The van der Waals surface area contributed by atoms with Gasteiger partial charge in [-0.1, -0.05) is 48.5 Å². The molecule has 0 aliphatic carbocycles. The second kappa shape index (κ2) is 10.2. The van der Waals surface area contributed by atoms with Gasteiger partial charge in [-0.3, -0.25) is 4.79 Å². The van der Waals surface area contributed by atoms with Crippen LogP contribution in [0.1, 0.15) is 55.4 Å². The minimum absolute atomic E-state index is 0. The van der Waals surface area contributed by atoms with Gasteiger partial charge in [-0.05, 0) is 23.7 Å². The number of carbonyl (C=O) groups excluding carboxylic acids is 2. The molecule has 0 heterocycles. The standard InChI is InChI=1S/C12H25NO2.C2H5NO.K/c1-8(11(2,3)4)9(12(5,6)7)15-10(13)14;1-2(3)4;/h8-9H,1-7H3,(H2,13,14);1H3,(H2,3,4);/q;;+1/p-2/t8-,9?;;/m1../s1. The van der Waals surface area contributed by atoms with Crippen LogP contribution in [-0.2, 0) is 9.53 Å². The first kappa shape index (κ1) is 25.3. The summed E-state index contributed by atoms with van der Waals surface area (Å²) in [6.45, 7) is 15.7. The van der Waals surface area contributed by atoms with E-state index >= 15 is 0 Å². The Morgan fingerprint density at radius 1 is 0.950 bits per heavy atom. The van der Waals surface area contributed by atoms with E-state index in [9.17, 15) is 4.79 Å². The summed E-state index contributed by atoms with van der Waals surface area (Å²) in [7, 11) is 0. The molecule has 2 amide bonds. The monoisotopic (exact) mass is 311 g/mol. The third-order valence-electron chi connectivity index (χ3n) is 2.91. The Hall–Kier alpha value is 0.376. The maximum absolute atomic E-state index is 10.8. The zero-order valence-electron chi connectivity index (χ0n) is 14.4. The summed E-state index contributed by atoms with van der Waals surface area (Å²) in [5.74, 6) is -0.369. The van der Waals surface area contributed by atoms with Crippen LogP contribution >= 0.6 is 0 Å². The van der Waals surface area contributed by atoms with Crippen molar-refractivity contribution in [2.75, 3.05) is 0 Å². The minimum atomic E-state index is -0.939. The van der Waals surface area contributed by atoms with E-state index in [1.807, 2.05) is 20.8 Å². The second-order valence-electron chi connectivity index (χ2n) is 6.90. The summed E-state index contributed by atoms with van der Waals surface area (Å²) in [6.07, 6.45) is -1.16. The number of carbonyl (C=O) groups is 2. The summed E-state index contributed by atoms with van der Waals surface area (Å²) in [5, 5.41) is 0. The van der Waals surface area contributed by atoms with Gasteiger partial charge in [0, 0.05) is 5.91 Å². The quantitative estimate of drug-likeness (QED) is 0.729. The minimum Gasteiger partial charge on any atom is -0.668 e. The van der Waals surface area contributed by atoms with Crippen molar-refractivity contribution in [1.29, 1.82) is 0 Å². The molecule has 0 aromatic heterocycles. The van der Waals surface area contributed by atoms with Crippen molar-refractivity contribution in [3.8, 4) is 0 Å². The van der Waals surface area contributed by atoms with Crippen molar-refractivity contribution >= 4 is 12.0 Å². The fourth-order valence-electron chi connectivity index (χ4n) is 1.60. The van der Waals surface area contributed by atoms with Crippen molar-refractivity contribution in [3.05, 3.63) is 11.5 Å². The van der Waals surface area contributed by atoms with E-state index in [2.05, 4.69) is 27.7 Å². The van der Waals surface area contributed by atoms with Gasteiger partial charge in [0.15, 0.2) is 0 Å².